The Balaban J connectivity index is 2.26. The molecule has 0 saturated heterocycles. The smallest absolute Gasteiger partial charge is 0.223 e. The maximum absolute atomic E-state index is 5.65. The summed E-state index contributed by atoms with van der Waals surface area (Å²) in [6.45, 7) is -2.57. The van der Waals surface area contributed by atoms with Gasteiger partial charge in [-0.2, -0.15) is 28.7 Å². The van der Waals surface area contributed by atoms with Gasteiger partial charge in [0, 0.05) is 0 Å². The molecule has 0 fully saturated rings. The van der Waals surface area contributed by atoms with Crippen molar-refractivity contribution >= 4 is 18.3 Å². The van der Waals surface area contributed by atoms with E-state index in [2.05, 4.69) is 30.2 Å². The molecule has 0 atom stereocenters. The van der Waals surface area contributed by atoms with Crippen LogP contribution in [-0.4, -0.2) is 43.6 Å². The summed E-state index contributed by atoms with van der Waals surface area (Å²) in [7, 11) is 0. The Hall–Kier alpha value is -1.93. The number of nitrogens with zero attached hydrogens (tertiary/aromatic N) is 9. The van der Waals surface area contributed by atoms with Gasteiger partial charge in [0.05, 0.1) is 0 Å². The van der Waals surface area contributed by atoms with Gasteiger partial charge in [0.25, 0.3) is 6.49 Å². The molecule has 0 aliphatic heterocycles. The second kappa shape index (κ2) is 3.82. The summed E-state index contributed by atoms with van der Waals surface area (Å²) in [5, 5.41) is 12.2. The molecule has 3 aromatic heterocycles. The third-order valence-corrected chi connectivity index (χ3v) is 5.75. The van der Waals surface area contributed by atoms with E-state index in [1.54, 1.807) is 13.4 Å². The molecule has 0 unspecified atom stereocenters. The van der Waals surface area contributed by atoms with Crippen LogP contribution in [-0.2, 0) is 11.8 Å². The summed E-state index contributed by atoms with van der Waals surface area (Å²) in [6.07, 6.45) is 8.83. The SMILES string of the molecule is S=P(n1cncn1)(n1cncn1)n1cncn1. The topological polar surface area (TPSA) is 92.1 Å². The summed E-state index contributed by atoms with van der Waals surface area (Å²) in [6, 6.07) is 0. The number of aromatic nitrogens is 9. The monoisotopic (exact) mass is 267 g/mol. The highest BCUT2D eigenvalue weighted by molar-refractivity contribution is 8.12. The maximum Gasteiger partial charge on any atom is 0.283 e. The molecule has 3 heterocycles. The Labute approximate surface area is 100 Å². The highest BCUT2D eigenvalue weighted by Crippen LogP contribution is 2.46. The molecule has 86 valence electrons. The van der Waals surface area contributed by atoms with Crippen molar-refractivity contribution in [3.8, 4) is 0 Å². The lowest BCUT2D eigenvalue weighted by molar-refractivity contribution is 0.831. The minimum atomic E-state index is -2.57. The van der Waals surface area contributed by atoms with Crippen LogP contribution in [0.1, 0.15) is 0 Å². The minimum absolute atomic E-state index is 1.41. The Bertz CT molecular complexity index is 536. The molecular formula is C6H6N9PS. The van der Waals surface area contributed by atoms with Gasteiger partial charge in [-0.1, -0.05) is 0 Å². The maximum atomic E-state index is 5.65. The van der Waals surface area contributed by atoms with Gasteiger partial charge in [-0.15, -0.1) is 0 Å². The third kappa shape index (κ3) is 1.49. The van der Waals surface area contributed by atoms with Crippen molar-refractivity contribution in [3.05, 3.63) is 38.0 Å². The van der Waals surface area contributed by atoms with Crippen LogP contribution in [0.5, 0.6) is 0 Å². The predicted octanol–water partition coefficient (Wildman–Crippen LogP) is -0.370. The Kier molecular flexibility index (Phi) is 2.30. The fourth-order valence-electron chi connectivity index (χ4n) is 1.29. The normalized spacial score (nSPS) is 11.8. The van der Waals surface area contributed by atoms with E-state index in [0.717, 1.165) is 0 Å². The van der Waals surface area contributed by atoms with Gasteiger partial charge in [0.15, 0.2) is 0 Å². The second-order valence-corrected chi connectivity index (χ2v) is 6.69. The van der Waals surface area contributed by atoms with Gasteiger partial charge in [-0.05, 0) is 11.8 Å². The van der Waals surface area contributed by atoms with Crippen LogP contribution in [0, 0.1) is 0 Å². The van der Waals surface area contributed by atoms with Crippen LogP contribution < -0.4 is 0 Å². The molecule has 17 heavy (non-hydrogen) atoms. The van der Waals surface area contributed by atoms with Crippen molar-refractivity contribution in [2.75, 3.05) is 0 Å². The molecular weight excluding hydrogens is 261 g/mol. The van der Waals surface area contributed by atoms with Gasteiger partial charge in [-0.3, -0.25) is 0 Å². The van der Waals surface area contributed by atoms with Crippen molar-refractivity contribution in [2.45, 2.75) is 0 Å². The molecule has 3 rings (SSSR count). The van der Waals surface area contributed by atoms with E-state index in [1.165, 1.54) is 38.0 Å². The molecule has 0 N–H and O–H groups in total. The largest absolute Gasteiger partial charge is 0.283 e. The standard InChI is InChI=1S/C6H6N9PS/c17-16(13-4-7-1-10-13,14-5-8-2-11-14)15-6-9-3-12-15/h1-6H. The molecule has 0 aromatic carbocycles. The molecule has 11 heteroatoms. The Morgan fingerprint density at radius 1 is 0.706 bits per heavy atom. The lowest BCUT2D eigenvalue weighted by Gasteiger charge is -2.20. The number of rotatable bonds is 3. The molecule has 3 aromatic rings. The van der Waals surface area contributed by atoms with Crippen LogP contribution in [0.4, 0.5) is 0 Å². The number of hydrogen-bond acceptors (Lipinski definition) is 7. The van der Waals surface area contributed by atoms with Gasteiger partial charge < -0.3 is 0 Å². The van der Waals surface area contributed by atoms with E-state index >= 15 is 0 Å². The van der Waals surface area contributed by atoms with Crippen LogP contribution in [0.2, 0.25) is 0 Å². The zero-order chi connectivity index (χ0) is 11.7. The first kappa shape index (κ1) is 10.2. The first-order chi connectivity index (χ1) is 8.32. The molecule has 0 saturated carbocycles. The fraction of sp³-hybridized carbons (Fsp3) is 0. The van der Waals surface area contributed by atoms with Crippen LogP contribution in [0.3, 0.4) is 0 Å². The Morgan fingerprint density at radius 3 is 1.29 bits per heavy atom. The summed E-state index contributed by atoms with van der Waals surface area (Å²) in [5.41, 5.74) is 0. The molecule has 9 nitrogen and oxygen atoms in total. The van der Waals surface area contributed by atoms with Gasteiger partial charge >= 0.3 is 0 Å². The predicted molar refractivity (Wildman–Crippen MR) is 60.5 cm³/mol. The van der Waals surface area contributed by atoms with Crippen molar-refractivity contribution in [2.24, 2.45) is 0 Å². The summed E-state index contributed by atoms with van der Waals surface area (Å²) < 4.78 is 4.64. The molecule has 0 spiro atoms. The van der Waals surface area contributed by atoms with Crippen molar-refractivity contribution in [3.63, 3.8) is 0 Å². The second-order valence-electron chi connectivity index (χ2n) is 2.96. The summed E-state index contributed by atoms with van der Waals surface area (Å²) in [4.78, 5) is 11.7. The lowest BCUT2D eigenvalue weighted by atomic mass is 11.3. The zero-order valence-electron chi connectivity index (χ0n) is 8.34. The lowest BCUT2D eigenvalue weighted by Crippen LogP contribution is -2.14. The average Bonchev–Trinajstić information content (AvgIpc) is 3.10. The van der Waals surface area contributed by atoms with Crippen LogP contribution >= 0.6 is 6.49 Å². The summed E-state index contributed by atoms with van der Waals surface area (Å²) in [5.74, 6) is 0. The molecule has 0 radical (unpaired) electrons. The van der Waals surface area contributed by atoms with Crippen LogP contribution in [0.15, 0.2) is 38.0 Å². The molecule has 0 bridgehead atoms. The summed E-state index contributed by atoms with van der Waals surface area (Å²) >= 11 is 5.65. The van der Waals surface area contributed by atoms with Crippen LogP contribution in [0.25, 0.3) is 0 Å². The first-order valence-electron chi connectivity index (χ1n) is 4.48. The fourth-order valence-corrected chi connectivity index (χ4v) is 3.74. The van der Waals surface area contributed by atoms with E-state index in [-0.39, 0.29) is 0 Å². The molecule has 0 amide bonds. The van der Waals surface area contributed by atoms with Crippen molar-refractivity contribution < 1.29 is 0 Å². The van der Waals surface area contributed by atoms with Crippen molar-refractivity contribution in [1.29, 1.82) is 0 Å². The minimum Gasteiger partial charge on any atom is -0.223 e. The first-order valence-corrected chi connectivity index (χ1v) is 7.14. The van der Waals surface area contributed by atoms with Gasteiger partial charge in [0.2, 0.25) is 0 Å². The van der Waals surface area contributed by atoms with Crippen molar-refractivity contribution in [1.82, 2.24) is 43.6 Å². The van der Waals surface area contributed by atoms with Gasteiger partial charge in [0.1, 0.15) is 38.0 Å². The van der Waals surface area contributed by atoms with E-state index in [0.29, 0.717) is 0 Å². The molecule has 0 aliphatic carbocycles. The third-order valence-electron chi connectivity index (χ3n) is 2.02. The van der Waals surface area contributed by atoms with E-state index < -0.39 is 6.49 Å². The quantitative estimate of drug-likeness (QED) is 0.598. The van der Waals surface area contributed by atoms with E-state index in [1.807, 2.05) is 0 Å². The number of hydrogen-bond donors (Lipinski definition) is 0. The average molecular weight is 267 g/mol. The molecule has 0 aliphatic rings. The highest BCUT2D eigenvalue weighted by Gasteiger charge is 2.27. The highest BCUT2D eigenvalue weighted by atomic mass is 32.4. The van der Waals surface area contributed by atoms with E-state index in [4.69, 9.17) is 11.8 Å². The van der Waals surface area contributed by atoms with Gasteiger partial charge in [-0.25, -0.2) is 15.0 Å². The zero-order valence-corrected chi connectivity index (χ0v) is 10.1. The van der Waals surface area contributed by atoms with E-state index in [9.17, 15) is 0 Å². The Morgan fingerprint density at radius 2 is 1.06 bits per heavy atom.